The first-order valence-electron chi connectivity index (χ1n) is 5.17. The Kier molecular flexibility index (Phi) is 3.00. The van der Waals surface area contributed by atoms with Crippen LogP contribution in [0.4, 0.5) is 5.95 Å². The molecule has 1 aliphatic heterocycles. The van der Waals surface area contributed by atoms with E-state index in [4.69, 9.17) is 5.11 Å². The van der Waals surface area contributed by atoms with E-state index in [-0.39, 0.29) is 0 Å². The summed E-state index contributed by atoms with van der Waals surface area (Å²) in [6.45, 7) is 3.66. The lowest BCUT2D eigenvalue weighted by Gasteiger charge is -2.31. The van der Waals surface area contributed by atoms with Gasteiger partial charge in [-0.15, -0.1) is 0 Å². The van der Waals surface area contributed by atoms with Crippen LogP contribution < -0.4 is 10.2 Å². The van der Waals surface area contributed by atoms with Gasteiger partial charge in [0.2, 0.25) is 5.95 Å². The second-order valence-electron chi connectivity index (χ2n) is 3.79. The molecule has 2 N–H and O–H groups in total. The fraction of sp³-hybridized carbons (Fsp3) is 0.500. The third kappa shape index (κ3) is 2.27. The number of nitrogens with one attached hydrogen (secondary N) is 1. The molecule has 0 aliphatic carbocycles. The largest absolute Gasteiger partial charge is 0.480 e. The Bertz CT molecular complexity index is 396. The van der Waals surface area contributed by atoms with Gasteiger partial charge in [0.15, 0.2) is 0 Å². The van der Waals surface area contributed by atoms with Gasteiger partial charge >= 0.3 is 5.97 Å². The van der Waals surface area contributed by atoms with Crippen LogP contribution in [0.2, 0.25) is 0 Å². The van der Waals surface area contributed by atoms with Gasteiger partial charge in [0.05, 0.1) is 0 Å². The molecule has 0 radical (unpaired) electrons. The summed E-state index contributed by atoms with van der Waals surface area (Å²) in [4.78, 5) is 21.2. The average Bonchev–Trinajstić information content (AvgIpc) is 2.29. The summed E-state index contributed by atoms with van der Waals surface area (Å²) in [5.41, 5.74) is 0.885. The number of nitrogens with zero attached hydrogens (tertiary/aromatic N) is 3. The topological polar surface area (TPSA) is 78.4 Å². The Labute approximate surface area is 93.3 Å². The number of piperazine rings is 1. The second-order valence-corrected chi connectivity index (χ2v) is 3.79. The van der Waals surface area contributed by atoms with Crippen LogP contribution >= 0.6 is 0 Å². The molecule has 1 saturated heterocycles. The van der Waals surface area contributed by atoms with E-state index in [9.17, 15) is 4.79 Å². The van der Waals surface area contributed by atoms with E-state index in [0.29, 0.717) is 19.0 Å². The molecule has 1 aromatic heterocycles. The van der Waals surface area contributed by atoms with Gasteiger partial charge in [-0.1, -0.05) is 0 Å². The molecule has 0 spiro atoms. The lowest BCUT2D eigenvalue weighted by Crippen LogP contribution is -2.54. The molecular formula is C10H14N4O2. The van der Waals surface area contributed by atoms with Crippen LogP contribution in [0.15, 0.2) is 12.3 Å². The van der Waals surface area contributed by atoms with Crippen LogP contribution in [0, 0.1) is 6.92 Å². The van der Waals surface area contributed by atoms with Gasteiger partial charge < -0.3 is 15.3 Å². The Morgan fingerprint density at radius 1 is 1.69 bits per heavy atom. The molecule has 2 rings (SSSR count). The molecule has 0 saturated carbocycles. The van der Waals surface area contributed by atoms with Crippen molar-refractivity contribution in [2.24, 2.45) is 0 Å². The highest BCUT2D eigenvalue weighted by molar-refractivity contribution is 5.74. The summed E-state index contributed by atoms with van der Waals surface area (Å²) in [6, 6.07) is 1.28. The quantitative estimate of drug-likeness (QED) is 0.712. The number of aromatic nitrogens is 2. The highest BCUT2D eigenvalue weighted by Crippen LogP contribution is 2.10. The smallest absolute Gasteiger partial charge is 0.322 e. The van der Waals surface area contributed by atoms with Crippen LogP contribution in [0.1, 0.15) is 5.69 Å². The molecule has 0 amide bonds. The number of aliphatic carboxylic acids is 1. The van der Waals surface area contributed by atoms with E-state index in [2.05, 4.69) is 15.3 Å². The van der Waals surface area contributed by atoms with Gasteiger partial charge in [-0.05, 0) is 13.0 Å². The zero-order valence-corrected chi connectivity index (χ0v) is 9.05. The minimum atomic E-state index is -0.836. The van der Waals surface area contributed by atoms with Crippen molar-refractivity contribution < 1.29 is 9.90 Å². The minimum absolute atomic E-state index is 0.402. The molecule has 16 heavy (non-hydrogen) atoms. The van der Waals surface area contributed by atoms with Crippen molar-refractivity contribution in [3.8, 4) is 0 Å². The first-order valence-corrected chi connectivity index (χ1v) is 5.17. The lowest BCUT2D eigenvalue weighted by molar-refractivity contribution is -0.139. The second kappa shape index (κ2) is 4.44. The summed E-state index contributed by atoms with van der Waals surface area (Å²) in [5.74, 6) is -0.231. The number of carbonyl (C=O) groups is 1. The van der Waals surface area contributed by atoms with E-state index in [1.165, 1.54) is 0 Å². The number of hydrogen-bond acceptors (Lipinski definition) is 5. The average molecular weight is 222 g/mol. The Morgan fingerprint density at radius 3 is 3.19 bits per heavy atom. The van der Waals surface area contributed by atoms with Gasteiger partial charge in [-0.2, -0.15) is 0 Å². The maximum Gasteiger partial charge on any atom is 0.322 e. The van der Waals surface area contributed by atoms with Gasteiger partial charge in [-0.3, -0.25) is 4.79 Å². The van der Waals surface area contributed by atoms with Crippen LogP contribution in [-0.4, -0.2) is 46.7 Å². The van der Waals surface area contributed by atoms with Crippen molar-refractivity contribution in [1.29, 1.82) is 0 Å². The predicted octanol–water partition coefficient (Wildman–Crippen LogP) is -0.352. The maximum absolute atomic E-state index is 10.9. The summed E-state index contributed by atoms with van der Waals surface area (Å²) in [7, 11) is 0. The first-order chi connectivity index (χ1) is 7.66. The number of carboxylic acid groups (broad SMARTS) is 1. The third-order valence-electron chi connectivity index (χ3n) is 2.54. The third-order valence-corrected chi connectivity index (χ3v) is 2.54. The molecule has 0 aromatic carbocycles. The van der Waals surface area contributed by atoms with Crippen molar-refractivity contribution >= 4 is 11.9 Å². The van der Waals surface area contributed by atoms with E-state index in [1.54, 1.807) is 6.20 Å². The predicted molar refractivity (Wildman–Crippen MR) is 58.4 cm³/mol. The Balaban J connectivity index is 2.12. The molecule has 6 heteroatoms. The first kappa shape index (κ1) is 10.8. The highest BCUT2D eigenvalue weighted by Gasteiger charge is 2.25. The normalized spacial score (nSPS) is 20.8. The highest BCUT2D eigenvalue weighted by atomic mass is 16.4. The molecule has 6 nitrogen and oxygen atoms in total. The molecule has 1 aromatic rings. The summed E-state index contributed by atoms with van der Waals surface area (Å²) < 4.78 is 0. The molecule has 1 fully saturated rings. The SMILES string of the molecule is Cc1ccnc(N2CCNC(C(=O)O)C2)n1. The molecule has 1 atom stereocenters. The Morgan fingerprint density at radius 2 is 2.50 bits per heavy atom. The van der Waals surface area contributed by atoms with Crippen molar-refractivity contribution in [2.75, 3.05) is 24.5 Å². The van der Waals surface area contributed by atoms with Crippen LogP contribution in [0.3, 0.4) is 0 Å². The summed E-state index contributed by atoms with van der Waals surface area (Å²) in [6.07, 6.45) is 1.69. The molecule has 1 aliphatic rings. The number of anilines is 1. The van der Waals surface area contributed by atoms with E-state index >= 15 is 0 Å². The Hall–Kier alpha value is -1.69. The van der Waals surface area contributed by atoms with Crippen molar-refractivity contribution in [3.63, 3.8) is 0 Å². The van der Waals surface area contributed by atoms with Crippen LogP contribution in [0.25, 0.3) is 0 Å². The minimum Gasteiger partial charge on any atom is -0.480 e. The van der Waals surface area contributed by atoms with E-state index in [0.717, 1.165) is 12.2 Å². The maximum atomic E-state index is 10.9. The number of rotatable bonds is 2. The van der Waals surface area contributed by atoms with Gasteiger partial charge in [0.1, 0.15) is 6.04 Å². The zero-order chi connectivity index (χ0) is 11.5. The van der Waals surface area contributed by atoms with Crippen LogP contribution in [-0.2, 0) is 4.79 Å². The fourth-order valence-electron chi connectivity index (χ4n) is 1.69. The van der Waals surface area contributed by atoms with Crippen molar-refractivity contribution in [3.05, 3.63) is 18.0 Å². The monoisotopic (exact) mass is 222 g/mol. The van der Waals surface area contributed by atoms with Crippen molar-refractivity contribution in [1.82, 2.24) is 15.3 Å². The molecule has 1 unspecified atom stereocenters. The van der Waals surface area contributed by atoms with Crippen molar-refractivity contribution in [2.45, 2.75) is 13.0 Å². The number of aryl methyl sites for hydroxylation is 1. The summed E-state index contributed by atoms with van der Waals surface area (Å²) >= 11 is 0. The molecule has 86 valence electrons. The number of hydrogen-bond donors (Lipinski definition) is 2. The fourth-order valence-corrected chi connectivity index (χ4v) is 1.69. The van der Waals surface area contributed by atoms with Gasteiger partial charge in [0, 0.05) is 31.5 Å². The molecule has 0 bridgehead atoms. The molecular weight excluding hydrogens is 208 g/mol. The van der Waals surface area contributed by atoms with E-state index < -0.39 is 12.0 Å². The number of carboxylic acids is 1. The molecule has 2 heterocycles. The lowest BCUT2D eigenvalue weighted by atomic mass is 10.2. The van der Waals surface area contributed by atoms with E-state index in [1.807, 2.05) is 17.9 Å². The van der Waals surface area contributed by atoms with Gasteiger partial charge in [-0.25, -0.2) is 9.97 Å². The standard InChI is InChI=1S/C10H14N4O2/c1-7-2-3-12-10(13-7)14-5-4-11-8(6-14)9(15)16/h2-3,8,11H,4-6H2,1H3,(H,15,16). The zero-order valence-electron chi connectivity index (χ0n) is 9.05. The van der Waals surface area contributed by atoms with Gasteiger partial charge in [0.25, 0.3) is 0 Å². The van der Waals surface area contributed by atoms with Crippen LogP contribution in [0.5, 0.6) is 0 Å². The summed E-state index contributed by atoms with van der Waals surface area (Å²) in [5, 5.41) is 11.9.